The van der Waals surface area contributed by atoms with Crippen molar-refractivity contribution in [2.24, 2.45) is 7.05 Å². The zero-order valence-electron chi connectivity index (χ0n) is 28.1. The summed E-state index contributed by atoms with van der Waals surface area (Å²) in [6.45, 7) is 4.90. The fourth-order valence-electron chi connectivity index (χ4n) is 5.47. The third-order valence-corrected chi connectivity index (χ3v) is 8.92. The van der Waals surface area contributed by atoms with Gasteiger partial charge in [-0.05, 0) is 68.3 Å². The minimum atomic E-state index is -3.94. The first-order chi connectivity index (χ1) is 23.4. The Morgan fingerprint density at radius 2 is 1.70 bits per heavy atom. The maximum Gasteiger partial charge on any atom is 0.408 e. The number of aryl methyl sites for hydroxylation is 1. The van der Waals surface area contributed by atoms with Crippen LogP contribution in [0.2, 0.25) is 5.02 Å². The molecule has 12 nitrogen and oxygen atoms in total. The maximum atomic E-state index is 14.3. The Kier molecular flexibility index (Phi) is 10.2. The topological polar surface area (TPSA) is 138 Å². The first kappa shape index (κ1) is 36.3. The van der Waals surface area contributed by atoms with E-state index in [1.165, 1.54) is 40.8 Å². The highest BCUT2D eigenvalue weighted by atomic mass is 35.5. The molecule has 0 saturated carbocycles. The first-order valence-corrected chi connectivity index (χ1v) is 17.5. The minimum Gasteiger partial charge on any atom is -0.497 e. The zero-order valence-corrected chi connectivity index (χ0v) is 29.6. The van der Waals surface area contributed by atoms with Crippen LogP contribution in [0, 0.1) is 11.6 Å². The molecule has 0 fully saturated rings. The van der Waals surface area contributed by atoms with Crippen molar-refractivity contribution in [2.75, 3.05) is 17.7 Å². The van der Waals surface area contributed by atoms with Gasteiger partial charge in [-0.15, -0.1) is 0 Å². The predicted molar refractivity (Wildman–Crippen MR) is 185 cm³/mol. The molecule has 0 unspecified atom stereocenters. The molecule has 5 aromatic rings. The molecule has 0 spiro atoms. The van der Waals surface area contributed by atoms with E-state index in [9.17, 15) is 26.8 Å². The molecule has 1 N–H and O–H groups in total. The first-order valence-electron chi connectivity index (χ1n) is 15.2. The maximum absolute atomic E-state index is 14.3. The number of carbonyl (C=O) groups is 1. The largest absolute Gasteiger partial charge is 0.497 e. The van der Waals surface area contributed by atoms with E-state index in [4.69, 9.17) is 21.1 Å². The Morgan fingerprint density at radius 1 is 1.04 bits per heavy atom. The van der Waals surface area contributed by atoms with Gasteiger partial charge >= 0.3 is 6.09 Å². The molecule has 0 aliphatic carbocycles. The number of nitrogens with zero attached hydrogens (tertiary/aromatic N) is 5. The fourth-order valence-corrected chi connectivity index (χ4v) is 6.53. The van der Waals surface area contributed by atoms with Crippen molar-refractivity contribution >= 4 is 44.4 Å². The van der Waals surface area contributed by atoms with Crippen LogP contribution >= 0.6 is 11.6 Å². The number of amides is 1. The van der Waals surface area contributed by atoms with E-state index in [-0.39, 0.29) is 51.8 Å². The monoisotopic (exact) mass is 728 g/mol. The second kappa shape index (κ2) is 14.1. The van der Waals surface area contributed by atoms with Crippen LogP contribution in [-0.2, 0) is 34.8 Å². The van der Waals surface area contributed by atoms with Gasteiger partial charge in [0, 0.05) is 31.8 Å². The molecule has 3 aromatic carbocycles. The summed E-state index contributed by atoms with van der Waals surface area (Å²) in [6, 6.07) is 12.8. The van der Waals surface area contributed by atoms with Crippen molar-refractivity contribution in [1.82, 2.24) is 24.6 Å². The van der Waals surface area contributed by atoms with Crippen LogP contribution in [0.25, 0.3) is 16.6 Å². The molecule has 1 atom stereocenters. The molecule has 2 aromatic heterocycles. The standard InChI is InChI=1S/C34H35ClF2N6O6S/c1-34(2,3)49-33(45)39-26(17-21-15-22(36)18-23(37)16-21)31-38-14-13-28(44)43(31)27-12-11-25(35)29-30(27)41(4)40-32(29)42(50(6,46)47)19-20-7-9-24(48-5)10-8-20/h7-16,18,26H,17,19H2,1-6H3,(H,39,45)/t26-/m0/s1. The van der Waals surface area contributed by atoms with Gasteiger partial charge in [0.1, 0.15) is 28.8 Å². The molecule has 1 amide bonds. The number of halogens is 3. The normalized spacial score (nSPS) is 12.5. The molecular formula is C34H35ClF2N6O6S. The number of benzene rings is 3. The molecule has 16 heteroatoms. The second-order valence-electron chi connectivity index (χ2n) is 12.5. The van der Waals surface area contributed by atoms with Crippen LogP contribution in [0.3, 0.4) is 0 Å². The Labute approximate surface area is 292 Å². The van der Waals surface area contributed by atoms with E-state index < -0.39 is 45.0 Å². The average molecular weight is 729 g/mol. The Hall–Kier alpha value is -5.02. The number of carbonyl (C=O) groups excluding carboxylic acids is 1. The van der Waals surface area contributed by atoms with Gasteiger partial charge in [0.25, 0.3) is 5.56 Å². The molecule has 2 heterocycles. The summed E-state index contributed by atoms with van der Waals surface area (Å²) in [5.41, 5.74) is -0.217. The third kappa shape index (κ3) is 8.05. The second-order valence-corrected chi connectivity index (χ2v) is 14.8. The van der Waals surface area contributed by atoms with Gasteiger partial charge in [-0.1, -0.05) is 23.7 Å². The van der Waals surface area contributed by atoms with E-state index >= 15 is 0 Å². The van der Waals surface area contributed by atoms with Crippen molar-refractivity contribution in [1.29, 1.82) is 0 Å². The lowest BCUT2D eigenvalue weighted by molar-refractivity contribution is 0.0500. The molecule has 0 aliphatic heterocycles. The Bertz CT molecular complexity index is 2220. The number of anilines is 1. The number of ether oxygens (including phenoxy) is 2. The van der Waals surface area contributed by atoms with Crippen molar-refractivity contribution in [2.45, 2.75) is 45.4 Å². The summed E-state index contributed by atoms with van der Waals surface area (Å²) >= 11 is 6.74. The lowest BCUT2D eigenvalue weighted by Gasteiger charge is -2.25. The molecule has 0 saturated heterocycles. The third-order valence-electron chi connectivity index (χ3n) is 7.50. The van der Waals surface area contributed by atoms with Gasteiger partial charge in [-0.3, -0.25) is 14.0 Å². The van der Waals surface area contributed by atoms with Crippen molar-refractivity contribution < 1.29 is 31.5 Å². The van der Waals surface area contributed by atoms with Gasteiger partial charge in [0.15, 0.2) is 5.82 Å². The van der Waals surface area contributed by atoms with E-state index in [0.717, 1.165) is 28.8 Å². The highest BCUT2D eigenvalue weighted by molar-refractivity contribution is 7.92. The molecule has 5 rings (SSSR count). The van der Waals surface area contributed by atoms with Crippen molar-refractivity contribution in [3.63, 3.8) is 0 Å². The number of rotatable bonds is 10. The molecule has 50 heavy (non-hydrogen) atoms. The quantitative estimate of drug-likeness (QED) is 0.190. The lowest BCUT2D eigenvalue weighted by atomic mass is 10.0. The predicted octanol–water partition coefficient (Wildman–Crippen LogP) is 5.83. The van der Waals surface area contributed by atoms with E-state index in [1.807, 2.05) is 0 Å². The van der Waals surface area contributed by atoms with Crippen LogP contribution in [0.15, 0.2) is 71.7 Å². The van der Waals surface area contributed by atoms with Crippen LogP contribution < -0.4 is 19.9 Å². The van der Waals surface area contributed by atoms with Gasteiger partial charge in [0.2, 0.25) is 10.0 Å². The summed E-state index contributed by atoms with van der Waals surface area (Å²) in [6.07, 6.45) is 1.23. The average Bonchev–Trinajstić information content (AvgIpc) is 3.35. The molecule has 0 bridgehead atoms. The Morgan fingerprint density at radius 3 is 2.30 bits per heavy atom. The van der Waals surface area contributed by atoms with Gasteiger partial charge in [-0.2, -0.15) is 5.10 Å². The summed E-state index contributed by atoms with van der Waals surface area (Å²) in [4.78, 5) is 31.2. The highest BCUT2D eigenvalue weighted by Crippen LogP contribution is 2.38. The SMILES string of the molecule is COc1ccc(CN(c2nn(C)c3c(-n4c([C@H](Cc5cc(F)cc(F)c5)NC(=O)OC(C)(C)C)nccc4=O)ccc(Cl)c23)S(C)(=O)=O)cc1. The Balaban J connectivity index is 1.70. The minimum absolute atomic E-state index is 0.00447. The summed E-state index contributed by atoms with van der Waals surface area (Å²) in [5, 5.41) is 7.62. The number of sulfonamides is 1. The summed E-state index contributed by atoms with van der Waals surface area (Å²) in [5.74, 6) is -1.08. The fraction of sp³-hybridized carbons (Fsp3) is 0.294. The van der Waals surface area contributed by atoms with E-state index in [0.29, 0.717) is 11.3 Å². The van der Waals surface area contributed by atoms with Crippen LogP contribution in [0.1, 0.15) is 43.8 Å². The number of hydrogen-bond acceptors (Lipinski definition) is 8. The van der Waals surface area contributed by atoms with Crippen molar-refractivity contribution in [3.8, 4) is 11.4 Å². The van der Waals surface area contributed by atoms with E-state index in [1.54, 1.807) is 52.1 Å². The summed E-state index contributed by atoms with van der Waals surface area (Å²) in [7, 11) is -0.857. The number of hydrogen-bond donors (Lipinski definition) is 1. The molecular weight excluding hydrogens is 694 g/mol. The number of fused-ring (bicyclic) bond motifs is 1. The van der Waals surface area contributed by atoms with Gasteiger partial charge in [0.05, 0.1) is 47.6 Å². The number of aromatic nitrogens is 4. The smallest absolute Gasteiger partial charge is 0.408 e. The van der Waals surface area contributed by atoms with Crippen LogP contribution in [0.5, 0.6) is 5.75 Å². The van der Waals surface area contributed by atoms with Gasteiger partial charge < -0.3 is 14.8 Å². The van der Waals surface area contributed by atoms with Crippen molar-refractivity contribution in [3.05, 3.63) is 111 Å². The lowest BCUT2D eigenvalue weighted by Crippen LogP contribution is -2.38. The number of methoxy groups -OCH3 is 1. The van der Waals surface area contributed by atoms with E-state index in [2.05, 4.69) is 15.4 Å². The zero-order chi connectivity index (χ0) is 36.5. The van der Waals surface area contributed by atoms with Gasteiger partial charge in [-0.25, -0.2) is 31.3 Å². The molecule has 0 radical (unpaired) electrons. The molecule has 0 aliphatic rings. The molecule has 264 valence electrons. The number of nitrogens with one attached hydrogen (secondary N) is 1. The highest BCUT2D eigenvalue weighted by Gasteiger charge is 2.30. The van der Waals surface area contributed by atoms with Crippen LogP contribution in [0.4, 0.5) is 19.4 Å². The summed E-state index contributed by atoms with van der Waals surface area (Å²) < 4.78 is 69.4. The number of alkyl carbamates (subject to hydrolysis) is 1. The van der Waals surface area contributed by atoms with Crippen LogP contribution in [-0.4, -0.2) is 52.8 Å².